The molecular weight excluding hydrogens is 396 g/mol. The molecule has 0 saturated carbocycles. The average Bonchev–Trinajstić information content (AvgIpc) is 2.72. The lowest BCUT2D eigenvalue weighted by Gasteiger charge is -2.10. The quantitative estimate of drug-likeness (QED) is 0.435. The number of amides is 1. The third kappa shape index (κ3) is 6.15. The Hall–Kier alpha value is -3.19. The van der Waals surface area contributed by atoms with Gasteiger partial charge in [-0.05, 0) is 54.1 Å². The highest BCUT2D eigenvalue weighted by Crippen LogP contribution is 2.24. The number of anilines is 1. The molecule has 3 rings (SSSR count). The largest absolute Gasteiger partial charge is 0.457 e. The summed E-state index contributed by atoms with van der Waals surface area (Å²) in [6.07, 6.45) is 0. The Morgan fingerprint density at radius 3 is 2.41 bits per heavy atom. The average molecular weight is 413 g/mol. The number of carbonyl (C=O) groups is 2. The summed E-state index contributed by atoms with van der Waals surface area (Å²) in [5.41, 5.74) is 1.35. The van der Waals surface area contributed by atoms with Gasteiger partial charge in [-0.2, -0.15) is 0 Å². The number of benzene rings is 3. The van der Waals surface area contributed by atoms with Crippen LogP contribution in [-0.4, -0.2) is 17.6 Å². The minimum atomic E-state index is -0.559. The summed E-state index contributed by atoms with van der Waals surface area (Å²) in [4.78, 5) is 25.1. The van der Waals surface area contributed by atoms with Crippen molar-refractivity contribution in [3.8, 4) is 0 Å². The number of hydrogen-bond acceptors (Lipinski definition) is 4. The second-order valence-electron chi connectivity index (χ2n) is 6.05. The molecule has 1 amide bonds. The molecule has 29 heavy (non-hydrogen) atoms. The molecule has 0 fully saturated rings. The molecule has 0 bridgehead atoms. The highest BCUT2D eigenvalue weighted by Gasteiger charge is 2.14. The zero-order valence-corrected chi connectivity index (χ0v) is 16.0. The standard InChI is InChI=1S/C22H17F2NO3S/c23-16-8-10-18(11-9-16)25-21(26)14-29-20-7-2-1-6-19(20)22(27)28-13-15-4-3-5-17(24)12-15/h1-12H,13-14H2,(H,25,26). The fraction of sp³-hybridized carbons (Fsp3) is 0.0909. The van der Waals surface area contributed by atoms with Gasteiger partial charge in [0.25, 0.3) is 0 Å². The molecule has 0 radical (unpaired) electrons. The molecule has 1 N–H and O–H groups in total. The fourth-order valence-corrected chi connectivity index (χ4v) is 3.33. The maximum atomic E-state index is 13.2. The van der Waals surface area contributed by atoms with Gasteiger partial charge in [0.2, 0.25) is 5.91 Å². The first-order chi connectivity index (χ1) is 14.0. The Balaban J connectivity index is 1.58. The van der Waals surface area contributed by atoms with Gasteiger partial charge < -0.3 is 10.1 Å². The summed E-state index contributed by atoms with van der Waals surface area (Å²) in [5, 5.41) is 2.66. The zero-order valence-electron chi connectivity index (χ0n) is 15.2. The Labute approximate surface area is 170 Å². The van der Waals surface area contributed by atoms with Gasteiger partial charge in [-0.25, -0.2) is 13.6 Å². The highest BCUT2D eigenvalue weighted by atomic mass is 32.2. The van der Waals surface area contributed by atoms with E-state index < -0.39 is 11.8 Å². The molecule has 148 valence electrons. The van der Waals surface area contributed by atoms with Crippen molar-refractivity contribution < 1.29 is 23.1 Å². The number of ether oxygens (including phenoxy) is 1. The lowest BCUT2D eigenvalue weighted by Crippen LogP contribution is -2.14. The van der Waals surface area contributed by atoms with Gasteiger partial charge in [-0.15, -0.1) is 11.8 Å². The molecular formula is C22H17F2NO3S. The monoisotopic (exact) mass is 413 g/mol. The third-order valence-electron chi connectivity index (χ3n) is 3.85. The Kier molecular flexibility index (Phi) is 6.97. The van der Waals surface area contributed by atoms with Crippen molar-refractivity contribution in [2.45, 2.75) is 11.5 Å². The van der Waals surface area contributed by atoms with E-state index in [9.17, 15) is 18.4 Å². The van der Waals surface area contributed by atoms with Crippen molar-refractivity contribution in [2.24, 2.45) is 0 Å². The molecule has 0 spiro atoms. The lowest BCUT2D eigenvalue weighted by molar-refractivity contribution is -0.113. The number of esters is 1. The van der Waals surface area contributed by atoms with Gasteiger partial charge in [0, 0.05) is 10.6 Å². The number of hydrogen-bond donors (Lipinski definition) is 1. The van der Waals surface area contributed by atoms with Crippen molar-refractivity contribution in [3.63, 3.8) is 0 Å². The molecule has 0 atom stereocenters. The number of halogens is 2. The summed E-state index contributed by atoms with van der Waals surface area (Å²) in [6, 6.07) is 18.0. The van der Waals surface area contributed by atoms with E-state index in [-0.39, 0.29) is 24.1 Å². The van der Waals surface area contributed by atoms with Gasteiger partial charge in [0.05, 0.1) is 11.3 Å². The predicted octanol–water partition coefficient (Wildman–Crippen LogP) is 5.05. The Morgan fingerprint density at radius 2 is 1.66 bits per heavy atom. The van der Waals surface area contributed by atoms with Crippen LogP contribution in [0.3, 0.4) is 0 Å². The molecule has 3 aromatic carbocycles. The maximum absolute atomic E-state index is 13.2. The summed E-state index contributed by atoms with van der Waals surface area (Å²) in [7, 11) is 0. The Morgan fingerprint density at radius 1 is 0.897 bits per heavy atom. The molecule has 0 aliphatic rings. The van der Waals surface area contributed by atoms with Gasteiger partial charge >= 0.3 is 5.97 Å². The van der Waals surface area contributed by atoms with Crippen LogP contribution in [0.2, 0.25) is 0 Å². The van der Waals surface area contributed by atoms with Crippen LogP contribution in [0, 0.1) is 11.6 Å². The molecule has 0 heterocycles. The molecule has 0 aliphatic carbocycles. The van der Waals surface area contributed by atoms with E-state index in [1.165, 1.54) is 48.2 Å². The fourth-order valence-electron chi connectivity index (χ4n) is 2.49. The molecule has 0 unspecified atom stereocenters. The smallest absolute Gasteiger partial charge is 0.339 e. The highest BCUT2D eigenvalue weighted by molar-refractivity contribution is 8.00. The van der Waals surface area contributed by atoms with E-state index in [0.29, 0.717) is 21.7 Å². The van der Waals surface area contributed by atoms with Gasteiger partial charge in [-0.3, -0.25) is 4.79 Å². The van der Waals surface area contributed by atoms with Crippen molar-refractivity contribution >= 4 is 29.3 Å². The van der Waals surface area contributed by atoms with Crippen LogP contribution in [0.25, 0.3) is 0 Å². The Bertz CT molecular complexity index is 1010. The molecule has 0 aliphatic heterocycles. The maximum Gasteiger partial charge on any atom is 0.339 e. The number of carbonyl (C=O) groups excluding carboxylic acids is 2. The summed E-state index contributed by atoms with van der Waals surface area (Å²) in [6.45, 7) is -0.0549. The van der Waals surface area contributed by atoms with E-state index >= 15 is 0 Å². The van der Waals surface area contributed by atoms with Crippen molar-refractivity contribution in [3.05, 3.63) is 95.6 Å². The number of rotatable bonds is 7. The minimum absolute atomic E-state index is 0.0549. The zero-order chi connectivity index (χ0) is 20.6. The first-order valence-corrected chi connectivity index (χ1v) is 9.68. The topological polar surface area (TPSA) is 55.4 Å². The summed E-state index contributed by atoms with van der Waals surface area (Å²) in [5.74, 6) is -1.57. The van der Waals surface area contributed by atoms with Crippen molar-refractivity contribution in [2.75, 3.05) is 11.1 Å². The van der Waals surface area contributed by atoms with Crippen LogP contribution in [0.5, 0.6) is 0 Å². The van der Waals surface area contributed by atoms with E-state index in [4.69, 9.17) is 4.74 Å². The van der Waals surface area contributed by atoms with E-state index in [1.54, 1.807) is 36.4 Å². The van der Waals surface area contributed by atoms with Crippen LogP contribution in [0.15, 0.2) is 77.7 Å². The van der Waals surface area contributed by atoms with Crippen LogP contribution >= 0.6 is 11.8 Å². The molecule has 7 heteroatoms. The number of nitrogens with one attached hydrogen (secondary N) is 1. The predicted molar refractivity (Wildman–Crippen MR) is 108 cm³/mol. The van der Waals surface area contributed by atoms with E-state index in [2.05, 4.69) is 5.32 Å². The molecule has 3 aromatic rings. The minimum Gasteiger partial charge on any atom is -0.457 e. The third-order valence-corrected chi connectivity index (χ3v) is 4.93. The van der Waals surface area contributed by atoms with Gasteiger partial charge in [0.15, 0.2) is 0 Å². The normalized spacial score (nSPS) is 10.4. The van der Waals surface area contributed by atoms with Crippen LogP contribution in [-0.2, 0) is 16.1 Å². The molecule has 0 saturated heterocycles. The van der Waals surface area contributed by atoms with Gasteiger partial charge in [-0.1, -0.05) is 24.3 Å². The number of thioether (sulfide) groups is 1. The van der Waals surface area contributed by atoms with Crippen LogP contribution in [0.4, 0.5) is 14.5 Å². The van der Waals surface area contributed by atoms with Crippen LogP contribution in [0.1, 0.15) is 15.9 Å². The SMILES string of the molecule is O=C(CSc1ccccc1C(=O)OCc1cccc(F)c1)Nc1ccc(F)cc1. The second-order valence-corrected chi connectivity index (χ2v) is 7.06. The molecule has 0 aromatic heterocycles. The first kappa shape index (κ1) is 20.5. The summed E-state index contributed by atoms with van der Waals surface area (Å²) < 4.78 is 31.4. The lowest BCUT2D eigenvalue weighted by atomic mass is 10.2. The van der Waals surface area contributed by atoms with Crippen molar-refractivity contribution in [1.29, 1.82) is 0 Å². The van der Waals surface area contributed by atoms with Crippen LogP contribution < -0.4 is 5.32 Å². The second kappa shape index (κ2) is 9.84. The van der Waals surface area contributed by atoms with E-state index in [1.807, 2.05) is 0 Å². The molecule has 4 nitrogen and oxygen atoms in total. The van der Waals surface area contributed by atoms with Crippen molar-refractivity contribution in [1.82, 2.24) is 0 Å². The summed E-state index contributed by atoms with van der Waals surface area (Å²) >= 11 is 1.18. The first-order valence-electron chi connectivity index (χ1n) is 8.70. The van der Waals surface area contributed by atoms with Gasteiger partial charge in [0.1, 0.15) is 18.2 Å². The van der Waals surface area contributed by atoms with E-state index in [0.717, 1.165) is 0 Å².